The minimum atomic E-state index is -0.277. The molecule has 0 unspecified atom stereocenters. The Bertz CT molecular complexity index is 332. The number of rotatable bonds is 3. The van der Waals surface area contributed by atoms with Crippen molar-refractivity contribution in [2.45, 2.75) is 0 Å². The minimum Gasteiger partial charge on any atom is -0.290 e. The van der Waals surface area contributed by atoms with E-state index in [0.29, 0.717) is 5.56 Å². The number of nitrogens with one attached hydrogen (secondary N) is 1. The minimum absolute atomic E-state index is 0.277. The summed E-state index contributed by atoms with van der Waals surface area (Å²) in [5.74, 6) is 4.73. The molecule has 0 atom stereocenters. The zero-order chi connectivity index (χ0) is 10.4. The molecule has 0 bridgehead atoms. The molecule has 0 aromatic heterocycles. The predicted molar refractivity (Wildman–Crippen MR) is 60.9 cm³/mol. The summed E-state index contributed by atoms with van der Waals surface area (Å²) in [6, 6.07) is 7.19. The van der Waals surface area contributed by atoms with Crippen LogP contribution in [0.5, 0.6) is 0 Å². The number of amides is 1. The molecule has 0 aliphatic heterocycles. The lowest BCUT2D eigenvalue weighted by atomic mass is 10.1. The standard InChI is InChI=1S/C10H11BrN2O/c11-7-1-2-8-3-5-9(6-4-8)10(14)13-12/h1-6H,7,12H2,(H,13,14). The number of allylic oxidation sites excluding steroid dienone is 1. The highest BCUT2D eigenvalue weighted by molar-refractivity contribution is 9.09. The molecule has 0 aliphatic rings. The van der Waals surface area contributed by atoms with E-state index in [0.717, 1.165) is 10.9 Å². The fourth-order valence-corrected chi connectivity index (χ4v) is 1.20. The Labute approximate surface area is 91.1 Å². The number of benzene rings is 1. The van der Waals surface area contributed by atoms with Gasteiger partial charge in [-0.25, -0.2) is 5.84 Å². The second-order valence-corrected chi connectivity index (χ2v) is 3.30. The van der Waals surface area contributed by atoms with Crippen LogP contribution in [0.2, 0.25) is 0 Å². The van der Waals surface area contributed by atoms with Gasteiger partial charge in [0.1, 0.15) is 0 Å². The van der Waals surface area contributed by atoms with E-state index in [1.54, 1.807) is 12.1 Å². The maximum atomic E-state index is 11.1. The number of hydrogen-bond donors (Lipinski definition) is 2. The number of carbonyl (C=O) groups excluding carboxylic acids is 1. The van der Waals surface area contributed by atoms with E-state index >= 15 is 0 Å². The van der Waals surface area contributed by atoms with Gasteiger partial charge in [0.15, 0.2) is 0 Å². The quantitative estimate of drug-likeness (QED) is 0.374. The van der Waals surface area contributed by atoms with Gasteiger partial charge >= 0.3 is 0 Å². The third-order valence-electron chi connectivity index (χ3n) is 1.70. The van der Waals surface area contributed by atoms with E-state index in [2.05, 4.69) is 21.4 Å². The van der Waals surface area contributed by atoms with Gasteiger partial charge in [-0.3, -0.25) is 10.2 Å². The molecule has 1 aromatic carbocycles. The number of hydrazine groups is 1. The lowest BCUT2D eigenvalue weighted by Gasteiger charge is -1.99. The highest BCUT2D eigenvalue weighted by Crippen LogP contribution is 2.06. The van der Waals surface area contributed by atoms with Crippen molar-refractivity contribution in [3.8, 4) is 0 Å². The van der Waals surface area contributed by atoms with Crippen molar-refractivity contribution >= 4 is 27.9 Å². The van der Waals surface area contributed by atoms with E-state index in [1.807, 2.05) is 24.3 Å². The first-order valence-electron chi connectivity index (χ1n) is 4.11. The Kier molecular flexibility index (Phi) is 4.35. The van der Waals surface area contributed by atoms with Gasteiger partial charge in [0.2, 0.25) is 0 Å². The summed E-state index contributed by atoms with van der Waals surface area (Å²) < 4.78 is 0. The average Bonchev–Trinajstić information content (AvgIpc) is 2.26. The van der Waals surface area contributed by atoms with E-state index < -0.39 is 0 Å². The summed E-state index contributed by atoms with van der Waals surface area (Å²) in [4.78, 5) is 11.1. The molecule has 0 aliphatic carbocycles. The first-order valence-corrected chi connectivity index (χ1v) is 5.23. The average molecular weight is 255 g/mol. The van der Waals surface area contributed by atoms with Gasteiger partial charge in [-0.1, -0.05) is 40.2 Å². The second-order valence-electron chi connectivity index (χ2n) is 2.65. The summed E-state index contributed by atoms with van der Waals surface area (Å²) in [5, 5.41) is 0.817. The summed E-state index contributed by atoms with van der Waals surface area (Å²) in [6.45, 7) is 0. The smallest absolute Gasteiger partial charge is 0.265 e. The van der Waals surface area contributed by atoms with E-state index in [4.69, 9.17) is 5.84 Å². The summed E-state index contributed by atoms with van der Waals surface area (Å²) in [5.41, 5.74) is 3.69. The second kappa shape index (κ2) is 5.57. The predicted octanol–water partition coefficient (Wildman–Crippen LogP) is 1.70. The van der Waals surface area contributed by atoms with Crippen LogP contribution in [0.25, 0.3) is 6.08 Å². The number of alkyl halides is 1. The summed E-state index contributed by atoms with van der Waals surface area (Å²) in [7, 11) is 0. The van der Waals surface area contributed by atoms with Crippen molar-refractivity contribution in [3.05, 3.63) is 41.5 Å². The molecule has 14 heavy (non-hydrogen) atoms. The highest BCUT2D eigenvalue weighted by Gasteiger charge is 2.00. The lowest BCUT2D eigenvalue weighted by Crippen LogP contribution is -2.29. The molecule has 1 aromatic rings. The number of carbonyl (C=O) groups is 1. The van der Waals surface area contributed by atoms with E-state index in [-0.39, 0.29) is 5.91 Å². The third kappa shape index (κ3) is 2.97. The van der Waals surface area contributed by atoms with Crippen LogP contribution < -0.4 is 11.3 Å². The van der Waals surface area contributed by atoms with Crippen molar-refractivity contribution in [1.82, 2.24) is 5.43 Å². The molecular weight excluding hydrogens is 244 g/mol. The number of hydrogen-bond acceptors (Lipinski definition) is 2. The molecule has 0 saturated carbocycles. The molecule has 3 nitrogen and oxygen atoms in total. The van der Waals surface area contributed by atoms with Gasteiger partial charge in [0, 0.05) is 10.9 Å². The van der Waals surface area contributed by atoms with Gasteiger partial charge < -0.3 is 0 Å². The first kappa shape index (κ1) is 10.9. The molecular formula is C10H11BrN2O. The fourth-order valence-electron chi connectivity index (χ4n) is 1.01. The van der Waals surface area contributed by atoms with Crippen LogP contribution in [-0.4, -0.2) is 11.2 Å². The lowest BCUT2D eigenvalue weighted by molar-refractivity contribution is 0.0953. The van der Waals surface area contributed by atoms with Crippen molar-refractivity contribution in [2.75, 3.05) is 5.33 Å². The van der Waals surface area contributed by atoms with Gasteiger partial charge in [0.25, 0.3) is 5.91 Å². The van der Waals surface area contributed by atoms with Crippen molar-refractivity contribution < 1.29 is 4.79 Å². The third-order valence-corrected chi connectivity index (χ3v) is 2.08. The molecule has 4 heteroatoms. The van der Waals surface area contributed by atoms with Crippen LogP contribution >= 0.6 is 15.9 Å². The fraction of sp³-hybridized carbons (Fsp3) is 0.100. The molecule has 0 heterocycles. The number of nitrogens with two attached hydrogens (primary N) is 1. The van der Waals surface area contributed by atoms with Crippen molar-refractivity contribution in [2.24, 2.45) is 5.84 Å². The Morgan fingerprint density at radius 3 is 2.57 bits per heavy atom. The van der Waals surface area contributed by atoms with E-state index in [1.165, 1.54) is 0 Å². The van der Waals surface area contributed by atoms with Gasteiger partial charge in [-0.15, -0.1) is 0 Å². The Morgan fingerprint density at radius 2 is 2.07 bits per heavy atom. The Hall–Kier alpha value is -1.13. The monoisotopic (exact) mass is 254 g/mol. The SMILES string of the molecule is NNC(=O)c1ccc(C=CCBr)cc1. The zero-order valence-corrected chi connectivity index (χ0v) is 9.12. The maximum Gasteiger partial charge on any atom is 0.265 e. The highest BCUT2D eigenvalue weighted by atomic mass is 79.9. The van der Waals surface area contributed by atoms with Crippen molar-refractivity contribution in [3.63, 3.8) is 0 Å². The number of nitrogen functional groups attached to an aromatic ring is 1. The van der Waals surface area contributed by atoms with Crippen LogP contribution in [0.15, 0.2) is 30.3 Å². The Balaban J connectivity index is 2.78. The maximum absolute atomic E-state index is 11.1. The molecule has 1 amide bonds. The topological polar surface area (TPSA) is 55.1 Å². The van der Waals surface area contributed by atoms with Crippen LogP contribution in [0.1, 0.15) is 15.9 Å². The first-order chi connectivity index (χ1) is 6.77. The van der Waals surface area contributed by atoms with Crippen LogP contribution in [0.4, 0.5) is 0 Å². The molecule has 1 rings (SSSR count). The molecule has 0 fully saturated rings. The zero-order valence-electron chi connectivity index (χ0n) is 7.53. The number of halogens is 1. The van der Waals surface area contributed by atoms with Crippen molar-refractivity contribution in [1.29, 1.82) is 0 Å². The van der Waals surface area contributed by atoms with E-state index in [9.17, 15) is 4.79 Å². The Morgan fingerprint density at radius 1 is 1.43 bits per heavy atom. The van der Waals surface area contributed by atoms with Crippen LogP contribution in [0.3, 0.4) is 0 Å². The molecule has 0 radical (unpaired) electrons. The van der Waals surface area contributed by atoms with Gasteiger partial charge in [-0.05, 0) is 17.7 Å². The molecule has 74 valence electrons. The summed E-state index contributed by atoms with van der Waals surface area (Å²) >= 11 is 3.29. The van der Waals surface area contributed by atoms with Crippen LogP contribution in [-0.2, 0) is 0 Å². The normalized spacial score (nSPS) is 10.4. The largest absolute Gasteiger partial charge is 0.290 e. The molecule has 0 spiro atoms. The molecule has 0 saturated heterocycles. The van der Waals surface area contributed by atoms with Crippen LogP contribution in [0, 0.1) is 0 Å². The summed E-state index contributed by atoms with van der Waals surface area (Å²) in [6.07, 6.45) is 3.96. The molecule has 3 N–H and O–H groups in total. The van der Waals surface area contributed by atoms with Gasteiger partial charge in [-0.2, -0.15) is 0 Å². The van der Waals surface area contributed by atoms with Gasteiger partial charge in [0.05, 0.1) is 0 Å².